The van der Waals surface area contributed by atoms with Gasteiger partial charge in [-0.1, -0.05) is 17.8 Å². The van der Waals surface area contributed by atoms with Gasteiger partial charge in [0.05, 0.1) is 33.9 Å². The number of nitrogens with one attached hydrogen (secondary N) is 5. The lowest BCUT2D eigenvalue weighted by atomic mass is 10.2. The van der Waals surface area contributed by atoms with Crippen molar-refractivity contribution in [2.24, 2.45) is 5.84 Å². The SMILES string of the molecule is CC(=N)SC(=N)c1cnc2c(N/C(=C\NN)C(F)F)cc(C(=O)NCc3ccc(C)nc3)cn12. The second-order valence-corrected chi connectivity index (χ2v) is 8.37. The molecular weight excluding hydrogens is 464 g/mol. The van der Waals surface area contributed by atoms with Crippen molar-refractivity contribution in [1.29, 1.82) is 10.8 Å². The van der Waals surface area contributed by atoms with Crippen LogP contribution < -0.4 is 21.9 Å². The van der Waals surface area contributed by atoms with E-state index in [2.05, 4.69) is 26.0 Å². The second-order valence-electron chi connectivity index (χ2n) is 7.15. The molecule has 0 aliphatic carbocycles. The molecule has 10 nitrogen and oxygen atoms in total. The van der Waals surface area contributed by atoms with Crippen molar-refractivity contribution in [2.75, 3.05) is 5.32 Å². The summed E-state index contributed by atoms with van der Waals surface area (Å²) in [5.41, 5.74) is 3.94. The number of nitrogens with two attached hydrogens (primary N) is 1. The van der Waals surface area contributed by atoms with Crippen LogP contribution >= 0.6 is 11.8 Å². The normalized spacial score (nSPS) is 11.5. The quantitative estimate of drug-likeness (QED) is 0.123. The minimum Gasteiger partial charge on any atom is -0.350 e. The molecule has 3 rings (SSSR count). The number of alkyl halides is 2. The van der Waals surface area contributed by atoms with Crippen LogP contribution in [0.4, 0.5) is 14.5 Å². The number of hydrogen-bond donors (Lipinski definition) is 6. The molecule has 0 bridgehead atoms. The lowest BCUT2D eigenvalue weighted by Gasteiger charge is -2.14. The first-order valence-electron chi connectivity index (χ1n) is 9.93. The maximum Gasteiger partial charge on any atom is 0.279 e. The van der Waals surface area contributed by atoms with Crippen molar-refractivity contribution < 1.29 is 13.6 Å². The number of fused-ring (bicyclic) bond motifs is 1. The van der Waals surface area contributed by atoms with Crippen LogP contribution in [0.2, 0.25) is 0 Å². The Kier molecular flexibility index (Phi) is 7.91. The minimum atomic E-state index is -2.88. The summed E-state index contributed by atoms with van der Waals surface area (Å²) in [5, 5.41) is 21.4. The topological polar surface area (TPSA) is 157 Å². The number of hydrogen-bond acceptors (Lipinski definition) is 9. The van der Waals surface area contributed by atoms with Gasteiger partial charge in [-0.25, -0.2) is 13.8 Å². The Bertz CT molecular complexity index is 1260. The standard InChI is InChI=1S/C21H23F2N9OS/c1-11-3-4-13(6-27-11)7-29-21(33)14-5-15(31-16(8-30-26)18(22)23)20-28-9-17(32(20)10-14)19(25)34-12(2)24/h3-6,8-10,18,24-25,30-31H,7,26H2,1-2H3,(H,29,33)/b16-8-,24-12?,25-19?. The molecule has 0 unspecified atom stereocenters. The van der Waals surface area contributed by atoms with E-state index in [1.807, 2.05) is 19.1 Å². The summed E-state index contributed by atoms with van der Waals surface area (Å²) in [6, 6.07) is 5.05. The number of aromatic nitrogens is 3. The van der Waals surface area contributed by atoms with Crippen LogP contribution in [0.25, 0.3) is 5.65 Å². The number of anilines is 1. The molecule has 0 aliphatic heterocycles. The maximum atomic E-state index is 13.4. The summed E-state index contributed by atoms with van der Waals surface area (Å²) < 4.78 is 28.3. The van der Waals surface area contributed by atoms with Crippen LogP contribution in [-0.2, 0) is 6.54 Å². The zero-order chi connectivity index (χ0) is 24.8. The van der Waals surface area contributed by atoms with E-state index in [0.29, 0.717) is 5.69 Å². The number of rotatable bonds is 8. The Morgan fingerprint density at radius 2 is 2.06 bits per heavy atom. The molecule has 3 aromatic heterocycles. The predicted molar refractivity (Wildman–Crippen MR) is 128 cm³/mol. The van der Waals surface area contributed by atoms with Crippen LogP contribution in [0.1, 0.15) is 34.2 Å². The van der Waals surface area contributed by atoms with Gasteiger partial charge in [0.2, 0.25) is 0 Å². The number of carbonyl (C=O) groups is 1. The van der Waals surface area contributed by atoms with E-state index in [4.69, 9.17) is 16.7 Å². The molecule has 3 heterocycles. The molecule has 0 radical (unpaired) electrons. The fourth-order valence-electron chi connectivity index (χ4n) is 2.96. The lowest BCUT2D eigenvalue weighted by molar-refractivity contribution is 0.0950. The molecule has 34 heavy (non-hydrogen) atoms. The van der Waals surface area contributed by atoms with Crippen LogP contribution in [0.15, 0.2) is 48.7 Å². The van der Waals surface area contributed by atoms with Crippen molar-refractivity contribution in [2.45, 2.75) is 26.8 Å². The van der Waals surface area contributed by atoms with Gasteiger partial charge in [-0.15, -0.1) is 0 Å². The molecule has 0 saturated heterocycles. The molecule has 0 spiro atoms. The van der Waals surface area contributed by atoms with Crippen molar-refractivity contribution >= 4 is 39.1 Å². The third kappa shape index (κ3) is 5.94. The molecule has 0 saturated carbocycles. The molecule has 13 heteroatoms. The van der Waals surface area contributed by atoms with E-state index >= 15 is 0 Å². The summed E-state index contributed by atoms with van der Waals surface area (Å²) in [5.74, 6) is 4.70. The number of aryl methyl sites for hydroxylation is 1. The zero-order valence-corrected chi connectivity index (χ0v) is 19.1. The van der Waals surface area contributed by atoms with Gasteiger partial charge in [0.15, 0.2) is 5.65 Å². The lowest BCUT2D eigenvalue weighted by Crippen LogP contribution is -2.24. The number of nitrogens with zero attached hydrogens (tertiary/aromatic N) is 3. The molecule has 0 fully saturated rings. The van der Waals surface area contributed by atoms with Crippen molar-refractivity contribution in [1.82, 2.24) is 25.1 Å². The van der Waals surface area contributed by atoms with Gasteiger partial charge in [0, 0.05) is 30.8 Å². The smallest absolute Gasteiger partial charge is 0.279 e. The van der Waals surface area contributed by atoms with Gasteiger partial charge in [-0.05, 0) is 31.5 Å². The predicted octanol–water partition coefficient (Wildman–Crippen LogP) is 3.01. The summed E-state index contributed by atoms with van der Waals surface area (Å²) in [7, 11) is 0. The van der Waals surface area contributed by atoms with Crippen LogP contribution in [0, 0.1) is 17.7 Å². The highest BCUT2D eigenvalue weighted by molar-refractivity contribution is 8.26. The van der Waals surface area contributed by atoms with Crippen LogP contribution in [0.5, 0.6) is 0 Å². The van der Waals surface area contributed by atoms with E-state index in [-0.39, 0.29) is 33.5 Å². The van der Waals surface area contributed by atoms with Crippen molar-refractivity contribution in [3.63, 3.8) is 0 Å². The number of amides is 1. The summed E-state index contributed by atoms with van der Waals surface area (Å²) in [4.78, 5) is 21.3. The van der Waals surface area contributed by atoms with Crippen molar-refractivity contribution in [3.05, 3.63) is 71.2 Å². The highest BCUT2D eigenvalue weighted by Gasteiger charge is 2.19. The van der Waals surface area contributed by atoms with Gasteiger partial charge in [-0.2, -0.15) is 0 Å². The largest absolute Gasteiger partial charge is 0.350 e. The number of imidazole rings is 1. The fraction of sp³-hybridized carbons (Fsp3) is 0.190. The number of thioether (sulfide) groups is 1. The minimum absolute atomic E-state index is 0.0162. The Morgan fingerprint density at radius 3 is 2.68 bits per heavy atom. The summed E-state index contributed by atoms with van der Waals surface area (Å²) >= 11 is 0.903. The first-order valence-corrected chi connectivity index (χ1v) is 10.8. The molecule has 3 aromatic rings. The number of pyridine rings is 2. The Balaban J connectivity index is 2.01. The maximum absolute atomic E-state index is 13.4. The van der Waals surface area contributed by atoms with E-state index in [9.17, 15) is 13.6 Å². The molecule has 178 valence electrons. The van der Waals surface area contributed by atoms with Gasteiger partial charge in [-0.3, -0.25) is 30.8 Å². The van der Waals surface area contributed by atoms with Gasteiger partial charge >= 0.3 is 0 Å². The van der Waals surface area contributed by atoms with Gasteiger partial charge in [0.25, 0.3) is 12.3 Å². The molecule has 0 aliphatic rings. The summed E-state index contributed by atoms with van der Waals surface area (Å²) in [6.45, 7) is 3.60. The van der Waals surface area contributed by atoms with Crippen LogP contribution in [0.3, 0.4) is 0 Å². The first kappa shape index (κ1) is 24.8. The first-order chi connectivity index (χ1) is 16.2. The number of halogens is 2. The Labute approximate surface area is 198 Å². The Morgan fingerprint density at radius 1 is 1.29 bits per heavy atom. The highest BCUT2D eigenvalue weighted by Crippen LogP contribution is 2.25. The zero-order valence-electron chi connectivity index (χ0n) is 18.3. The average molecular weight is 488 g/mol. The number of carbonyl (C=O) groups excluding carboxylic acids is 1. The van der Waals surface area contributed by atoms with E-state index < -0.39 is 18.0 Å². The third-order valence-electron chi connectivity index (χ3n) is 4.53. The number of hydrazine groups is 1. The van der Waals surface area contributed by atoms with Gasteiger partial charge in [0.1, 0.15) is 5.04 Å². The molecule has 1 amide bonds. The fourth-order valence-corrected chi connectivity index (χ4v) is 3.52. The Hall–Kier alpha value is -3.84. The van der Waals surface area contributed by atoms with Gasteiger partial charge < -0.3 is 16.1 Å². The highest BCUT2D eigenvalue weighted by atomic mass is 32.2. The molecule has 7 N–H and O–H groups in total. The van der Waals surface area contributed by atoms with Crippen LogP contribution in [-0.4, -0.2) is 36.8 Å². The molecule has 0 atom stereocenters. The third-order valence-corrected chi connectivity index (χ3v) is 5.25. The van der Waals surface area contributed by atoms with Crippen molar-refractivity contribution in [3.8, 4) is 0 Å². The second kappa shape index (κ2) is 10.9. The summed E-state index contributed by atoms with van der Waals surface area (Å²) in [6.07, 6.45) is 2.51. The monoisotopic (exact) mass is 487 g/mol. The average Bonchev–Trinajstić information content (AvgIpc) is 3.22. The van der Waals surface area contributed by atoms with E-state index in [1.54, 1.807) is 6.20 Å². The molecular formula is C21H23F2N9OS. The van der Waals surface area contributed by atoms with E-state index in [1.165, 1.54) is 29.8 Å². The molecule has 0 aromatic carbocycles. The van der Waals surface area contributed by atoms with E-state index in [0.717, 1.165) is 29.2 Å². The number of allylic oxidation sites excluding steroid dienone is 1.